The van der Waals surface area contributed by atoms with Crippen LogP contribution in [0, 0.1) is 23.2 Å². The van der Waals surface area contributed by atoms with Gasteiger partial charge in [-0.25, -0.2) is 13.2 Å². The minimum atomic E-state index is -6.04. The normalized spacial score (nSPS) is 36.8. The molecule has 9 heteroatoms. The Bertz CT molecular complexity index is 527. The van der Waals surface area contributed by atoms with Crippen molar-refractivity contribution in [1.82, 2.24) is 0 Å². The fourth-order valence-corrected chi connectivity index (χ4v) is 5.13. The second kappa shape index (κ2) is 5.95. The predicted octanol–water partition coefficient (Wildman–Crippen LogP) is -1.11. The molecule has 0 aromatic rings. The molecule has 22 heavy (non-hydrogen) atoms. The van der Waals surface area contributed by atoms with Gasteiger partial charge in [0.05, 0.1) is 6.61 Å². The van der Waals surface area contributed by atoms with Gasteiger partial charge in [-0.3, -0.25) is 0 Å². The van der Waals surface area contributed by atoms with Gasteiger partial charge in [-0.2, -0.15) is 8.78 Å². The van der Waals surface area contributed by atoms with Crippen LogP contribution in [0.3, 0.4) is 0 Å². The summed E-state index contributed by atoms with van der Waals surface area (Å²) in [4.78, 5) is 11.3. The Morgan fingerprint density at radius 3 is 1.91 bits per heavy atom. The van der Waals surface area contributed by atoms with Crippen LogP contribution in [0.5, 0.6) is 0 Å². The molecular formula is C13H17F2NaO5S. The third-order valence-corrected chi connectivity index (χ3v) is 6.02. The molecule has 0 amide bonds. The van der Waals surface area contributed by atoms with Crippen LogP contribution in [-0.2, 0) is 19.6 Å². The molecule has 0 heterocycles. The maximum Gasteiger partial charge on any atom is 1.00 e. The number of hydrogen-bond acceptors (Lipinski definition) is 5. The Morgan fingerprint density at radius 1 is 1.14 bits per heavy atom. The number of carbonyl (C=O) groups excluding carboxylic acids is 1. The molecule has 4 saturated carbocycles. The van der Waals surface area contributed by atoms with Crippen molar-refractivity contribution in [1.29, 1.82) is 0 Å². The third kappa shape index (κ3) is 3.22. The van der Waals surface area contributed by atoms with Gasteiger partial charge < -0.3 is 9.29 Å². The van der Waals surface area contributed by atoms with Crippen molar-refractivity contribution in [3.05, 3.63) is 0 Å². The molecular weight excluding hydrogens is 329 g/mol. The van der Waals surface area contributed by atoms with Gasteiger partial charge in [-0.1, -0.05) is 0 Å². The number of ether oxygens (including phenoxy) is 1. The number of halogens is 2. The van der Waals surface area contributed by atoms with Crippen LogP contribution in [0.2, 0.25) is 0 Å². The van der Waals surface area contributed by atoms with E-state index in [0.717, 1.165) is 38.5 Å². The molecule has 5 nitrogen and oxygen atoms in total. The molecule has 0 aromatic carbocycles. The van der Waals surface area contributed by atoms with Gasteiger partial charge in [0.2, 0.25) is 0 Å². The standard InChI is InChI=1S/C13H18F2O5S.Na/c14-13(15,21(17,18)19)11(16)20-7-12-4-8-1-9(5-12)3-10(2-8)6-12;/h8-10H,1-7H2,(H,17,18,19);/q;+1/p-1. The second-order valence-electron chi connectivity index (χ2n) is 6.96. The average Bonchev–Trinajstić information content (AvgIpc) is 2.32. The summed E-state index contributed by atoms with van der Waals surface area (Å²) < 4.78 is 62.0. The van der Waals surface area contributed by atoms with Crippen LogP contribution in [0.15, 0.2) is 0 Å². The SMILES string of the molecule is O=C(OCC12CC3CC(CC(C3)C1)C2)C(F)(F)S(=O)(=O)[O-].[Na+]. The van der Waals surface area contributed by atoms with Crippen molar-refractivity contribution in [2.75, 3.05) is 6.61 Å². The van der Waals surface area contributed by atoms with Gasteiger partial charge in [0, 0.05) is 5.41 Å². The average molecular weight is 346 g/mol. The molecule has 0 aromatic heterocycles. The van der Waals surface area contributed by atoms with E-state index in [9.17, 15) is 26.5 Å². The van der Waals surface area contributed by atoms with Crippen LogP contribution in [-0.4, -0.2) is 30.8 Å². The van der Waals surface area contributed by atoms with E-state index in [4.69, 9.17) is 0 Å². The number of alkyl halides is 2. The van der Waals surface area contributed by atoms with Crippen molar-refractivity contribution in [3.8, 4) is 0 Å². The van der Waals surface area contributed by atoms with Gasteiger partial charge in [-0.15, -0.1) is 0 Å². The zero-order chi connectivity index (χ0) is 15.5. The fourth-order valence-electron chi connectivity index (χ4n) is 4.87. The molecule has 0 aliphatic heterocycles. The van der Waals surface area contributed by atoms with Crippen LogP contribution in [0.25, 0.3) is 0 Å². The second-order valence-corrected chi connectivity index (χ2v) is 8.39. The summed E-state index contributed by atoms with van der Waals surface area (Å²) in [5, 5.41) is -5.00. The first-order valence-corrected chi connectivity index (χ1v) is 8.53. The van der Waals surface area contributed by atoms with E-state index in [2.05, 4.69) is 4.74 Å². The van der Waals surface area contributed by atoms with Crippen molar-refractivity contribution >= 4 is 16.1 Å². The molecule has 4 aliphatic rings. The van der Waals surface area contributed by atoms with Gasteiger partial charge in [0.15, 0.2) is 10.1 Å². The topological polar surface area (TPSA) is 83.5 Å². The first kappa shape index (κ1) is 18.6. The fraction of sp³-hybridized carbons (Fsp3) is 0.923. The third-order valence-electron chi connectivity index (χ3n) is 5.23. The van der Waals surface area contributed by atoms with E-state index in [1.54, 1.807) is 0 Å². The summed E-state index contributed by atoms with van der Waals surface area (Å²) in [6.45, 7) is -0.208. The van der Waals surface area contributed by atoms with E-state index in [-0.39, 0.29) is 41.6 Å². The largest absolute Gasteiger partial charge is 1.00 e. The van der Waals surface area contributed by atoms with Crippen LogP contribution in [0.4, 0.5) is 8.78 Å². The smallest absolute Gasteiger partial charge is 0.743 e. The molecule has 0 spiro atoms. The molecule has 0 saturated heterocycles. The molecule has 120 valence electrons. The Hall–Kier alpha value is 0.240. The van der Waals surface area contributed by atoms with Crippen LogP contribution < -0.4 is 29.6 Å². The van der Waals surface area contributed by atoms with Crippen molar-refractivity contribution < 1.29 is 60.8 Å². The Labute approximate surface area is 150 Å². The van der Waals surface area contributed by atoms with E-state index in [1.165, 1.54) is 0 Å². The molecule has 0 atom stereocenters. The number of carbonyl (C=O) groups is 1. The van der Waals surface area contributed by atoms with Crippen molar-refractivity contribution in [3.63, 3.8) is 0 Å². The quantitative estimate of drug-likeness (QED) is 0.366. The summed E-state index contributed by atoms with van der Waals surface area (Å²) in [7, 11) is -6.04. The van der Waals surface area contributed by atoms with Gasteiger partial charge in [0.1, 0.15) is 0 Å². The summed E-state index contributed by atoms with van der Waals surface area (Å²) in [6, 6.07) is 0. The van der Waals surface area contributed by atoms with Crippen molar-refractivity contribution in [2.45, 2.75) is 43.8 Å². The maximum atomic E-state index is 13.1. The maximum absolute atomic E-state index is 13.1. The molecule has 0 radical (unpaired) electrons. The first-order chi connectivity index (χ1) is 9.61. The number of hydrogen-bond donors (Lipinski definition) is 0. The molecule has 4 fully saturated rings. The first-order valence-electron chi connectivity index (χ1n) is 7.12. The van der Waals surface area contributed by atoms with Gasteiger partial charge >= 0.3 is 40.8 Å². The van der Waals surface area contributed by atoms with E-state index in [1.807, 2.05) is 0 Å². The van der Waals surface area contributed by atoms with E-state index < -0.39 is 21.3 Å². The summed E-state index contributed by atoms with van der Waals surface area (Å²) in [5.74, 6) is -0.579. The molecule has 0 unspecified atom stereocenters. The monoisotopic (exact) mass is 346 g/mol. The summed E-state index contributed by atoms with van der Waals surface area (Å²) >= 11 is 0. The Balaban J connectivity index is 0.00000176. The Morgan fingerprint density at radius 2 is 1.55 bits per heavy atom. The number of esters is 1. The van der Waals surface area contributed by atoms with Crippen LogP contribution >= 0.6 is 0 Å². The zero-order valence-electron chi connectivity index (χ0n) is 12.4. The minimum Gasteiger partial charge on any atom is -0.743 e. The van der Waals surface area contributed by atoms with Crippen molar-refractivity contribution in [2.24, 2.45) is 23.2 Å². The molecule has 0 N–H and O–H groups in total. The van der Waals surface area contributed by atoms with Gasteiger partial charge in [-0.05, 0) is 56.3 Å². The minimum absolute atomic E-state index is 0. The van der Waals surface area contributed by atoms with E-state index in [0.29, 0.717) is 17.8 Å². The Kier molecular flexibility index (Phi) is 5.02. The zero-order valence-corrected chi connectivity index (χ0v) is 15.2. The summed E-state index contributed by atoms with van der Waals surface area (Å²) in [5.41, 5.74) is -0.298. The van der Waals surface area contributed by atoms with Crippen LogP contribution in [0.1, 0.15) is 38.5 Å². The molecule has 4 aliphatic carbocycles. The summed E-state index contributed by atoms with van der Waals surface area (Å²) in [6.07, 6.45) is 5.96. The predicted molar refractivity (Wildman–Crippen MR) is 66.2 cm³/mol. The molecule has 4 bridgehead atoms. The van der Waals surface area contributed by atoms with Gasteiger partial charge in [0.25, 0.3) is 0 Å². The van der Waals surface area contributed by atoms with E-state index >= 15 is 0 Å². The molecule has 4 rings (SSSR count). The number of rotatable bonds is 4.